The van der Waals surface area contributed by atoms with Gasteiger partial charge >= 0.3 is 5.97 Å². The molecule has 0 aliphatic rings. The Hall–Kier alpha value is -1.13. The lowest BCUT2D eigenvalue weighted by Crippen LogP contribution is -2.31. The summed E-state index contributed by atoms with van der Waals surface area (Å²) in [6.45, 7) is 8.47. The molecular weight excluding hydrogens is 246 g/mol. The van der Waals surface area contributed by atoms with Crippen LogP contribution in [-0.2, 0) is 11.3 Å². The predicted octanol–water partition coefficient (Wildman–Crippen LogP) is 3.47. The lowest BCUT2D eigenvalue weighted by molar-refractivity contribution is -0.131. The molecule has 1 atom stereocenters. The normalized spacial score (nSPS) is 13.3. The van der Waals surface area contributed by atoms with Gasteiger partial charge in [-0.15, -0.1) is 11.3 Å². The molecule has 1 unspecified atom stereocenters. The number of carboxylic acids is 1. The molecule has 3 nitrogen and oxygen atoms in total. The van der Waals surface area contributed by atoms with Crippen LogP contribution in [0.4, 0.5) is 0 Å². The lowest BCUT2D eigenvalue weighted by Gasteiger charge is -2.26. The Morgan fingerprint density at radius 1 is 1.56 bits per heavy atom. The van der Waals surface area contributed by atoms with Crippen LogP contribution < -0.4 is 0 Å². The second kappa shape index (κ2) is 7.34. The number of hydrogen-bond acceptors (Lipinski definition) is 3. The maximum atomic E-state index is 10.5. The van der Waals surface area contributed by atoms with Gasteiger partial charge in [0.25, 0.3) is 0 Å². The SMILES string of the molecule is CCC(C)N(CC)Cc1sccc1C=CC(=O)O. The smallest absolute Gasteiger partial charge is 0.328 e. The van der Waals surface area contributed by atoms with E-state index >= 15 is 0 Å². The first-order valence-corrected chi connectivity index (χ1v) is 7.17. The van der Waals surface area contributed by atoms with E-state index in [2.05, 4.69) is 25.7 Å². The zero-order valence-electron chi connectivity index (χ0n) is 11.2. The molecule has 1 heterocycles. The van der Waals surface area contributed by atoms with Crippen molar-refractivity contribution in [1.29, 1.82) is 0 Å². The average molecular weight is 267 g/mol. The van der Waals surface area contributed by atoms with E-state index in [1.54, 1.807) is 17.4 Å². The van der Waals surface area contributed by atoms with E-state index in [4.69, 9.17) is 5.11 Å². The lowest BCUT2D eigenvalue weighted by atomic mass is 10.2. The topological polar surface area (TPSA) is 40.5 Å². The number of rotatable bonds is 7. The molecule has 1 aromatic heterocycles. The van der Waals surface area contributed by atoms with Crippen molar-refractivity contribution >= 4 is 23.4 Å². The Bertz CT molecular complexity index is 412. The summed E-state index contributed by atoms with van der Waals surface area (Å²) >= 11 is 1.69. The minimum atomic E-state index is -0.901. The molecule has 1 aromatic rings. The summed E-state index contributed by atoms with van der Waals surface area (Å²) in [6.07, 6.45) is 4.00. The van der Waals surface area contributed by atoms with Crippen molar-refractivity contribution in [3.63, 3.8) is 0 Å². The summed E-state index contributed by atoms with van der Waals surface area (Å²) in [7, 11) is 0. The predicted molar refractivity (Wildman–Crippen MR) is 76.8 cm³/mol. The summed E-state index contributed by atoms with van der Waals surface area (Å²) in [5.74, 6) is -0.901. The highest BCUT2D eigenvalue weighted by atomic mass is 32.1. The summed E-state index contributed by atoms with van der Waals surface area (Å²) in [4.78, 5) is 14.2. The molecule has 0 aliphatic heterocycles. The van der Waals surface area contributed by atoms with Crippen molar-refractivity contribution in [1.82, 2.24) is 4.90 Å². The van der Waals surface area contributed by atoms with Crippen LogP contribution in [0.2, 0.25) is 0 Å². The van der Waals surface area contributed by atoms with Crippen LogP contribution >= 0.6 is 11.3 Å². The van der Waals surface area contributed by atoms with Crippen LogP contribution in [0, 0.1) is 0 Å². The molecule has 0 radical (unpaired) electrons. The fourth-order valence-electron chi connectivity index (χ4n) is 1.81. The third-order valence-corrected chi connectivity index (χ3v) is 4.07. The summed E-state index contributed by atoms with van der Waals surface area (Å²) in [5.41, 5.74) is 1.02. The fourth-order valence-corrected chi connectivity index (χ4v) is 2.70. The van der Waals surface area contributed by atoms with E-state index in [-0.39, 0.29) is 0 Å². The van der Waals surface area contributed by atoms with Gasteiger partial charge in [-0.1, -0.05) is 13.8 Å². The summed E-state index contributed by atoms with van der Waals surface area (Å²) < 4.78 is 0. The first-order valence-electron chi connectivity index (χ1n) is 6.29. The third-order valence-electron chi connectivity index (χ3n) is 3.15. The molecule has 1 rings (SSSR count). The molecule has 0 saturated heterocycles. The van der Waals surface area contributed by atoms with Crippen molar-refractivity contribution in [3.05, 3.63) is 28.0 Å². The van der Waals surface area contributed by atoms with Crippen LogP contribution in [0.5, 0.6) is 0 Å². The van der Waals surface area contributed by atoms with Gasteiger partial charge in [0.05, 0.1) is 0 Å². The maximum absolute atomic E-state index is 10.5. The van der Waals surface area contributed by atoms with Crippen LogP contribution in [0.1, 0.15) is 37.6 Å². The van der Waals surface area contributed by atoms with Gasteiger partial charge in [0, 0.05) is 23.5 Å². The molecular formula is C14H21NO2S. The number of nitrogens with zero attached hydrogens (tertiary/aromatic N) is 1. The van der Waals surface area contributed by atoms with Gasteiger partial charge in [-0.3, -0.25) is 4.90 Å². The Kier molecular flexibility index (Phi) is 6.09. The zero-order chi connectivity index (χ0) is 13.5. The van der Waals surface area contributed by atoms with E-state index in [1.165, 1.54) is 11.0 Å². The average Bonchev–Trinajstić information content (AvgIpc) is 2.79. The molecule has 0 bridgehead atoms. The van der Waals surface area contributed by atoms with E-state index in [1.807, 2.05) is 11.4 Å². The van der Waals surface area contributed by atoms with Crippen LogP contribution in [0.15, 0.2) is 17.5 Å². The quantitative estimate of drug-likeness (QED) is 0.769. The third kappa shape index (κ3) is 4.27. The number of hydrogen-bond donors (Lipinski definition) is 1. The molecule has 0 spiro atoms. The largest absolute Gasteiger partial charge is 0.478 e. The van der Waals surface area contributed by atoms with Gasteiger partial charge in [-0.2, -0.15) is 0 Å². The van der Waals surface area contributed by atoms with Crippen molar-refractivity contribution < 1.29 is 9.90 Å². The molecule has 0 fully saturated rings. The van der Waals surface area contributed by atoms with E-state index in [0.29, 0.717) is 6.04 Å². The van der Waals surface area contributed by atoms with Gasteiger partial charge in [0.15, 0.2) is 0 Å². The molecule has 100 valence electrons. The highest BCUT2D eigenvalue weighted by Crippen LogP contribution is 2.21. The van der Waals surface area contributed by atoms with Crippen molar-refractivity contribution in [3.8, 4) is 0 Å². The summed E-state index contributed by atoms with van der Waals surface area (Å²) in [6, 6.07) is 2.53. The van der Waals surface area contributed by atoms with Crippen LogP contribution in [0.3, 0.4) is 0 Å². The molecule has 0 aromatic carbocycles. The van der Waals surface area contributed by atoms with Gasteiger partial charge < -0.3 is 5.11 Å². The Labute approximate surface area is 113 Å². The van der Waals surface area contributed by atoms with E-state index in [9.17, 15) is 4.79 Å². The van der Waals surface area contributed by atoms with Crippen LogP contribution in [-0.4, -0.2) is 28.6 Å². The first-order chi connectivity index (χ1) is 8.58. The van der Waals surface area contributed by atoms with Crippen molar-refractivity contribution in [2.24, 2.45) is 0 Å². The van der Waals surface area contributed by atoms with E-state index < -0.39 is 5.97 Å². The van der Waals surface area contributed by atoms with Gasteiger partial charge in [-0.25, -0.2) is 4.79 Å². The number of carbonyl (C=O) groups is 1. The molecule has 0 saturated carbocycles. The zero-order valence-corrected chi connectivity index (χ0v) is 12.0. The molecule has 1 N–H and O–H groups in total. The van der Waals surface area contributed by atoms with Crippen molar-refractivity contribution in [2.75, 3.05) is 6.54 Å². The monoisotopic (exact) mass is 267 g/mol. The van der Waals surface area contributed by atoms with E-state index in [0.717, 1.165) is 25.1 Å². The minimum absolute atomic E-state index is 0.549. The second-order valence-corrected chi connectivity index (χ2v) is 5.29. The molecule has 0 aliphatic carbocycles. The number of aliphatic carboxylic acids is 1. The molecule has 0 amide bonds. The first kappa shape index (κ1) is 14.9. The summed E-state index contributed by atoms with van der Waals surface area (Å²) in [5, 5.41) is 10.7. The Balaban J connectivity index is 2.78. The van der Waals surface area contributed by atoms with Crippen molar-refractivity contribution in [2.45, 2.75) is 39.8 Å². The Morgan fingerprint density at radius 2 is 2.28 bits per heavy atom. The molecule has 18 heavy (non-hydrogen) atoms. The highest BCUT2D eigenvalue weighted by molar-refractivity contribution is 7.10. The molecule has 4 heteroatoms. The number of carboxylic acid groups (broad SMARTS) is 1. The second-order valence-electron chi connectivity index (χ2n) is 4.29. The van der Waals surface area contributed by atoms with Gasteiger partial charge in [0.2, 0.25) is 0 Å². The standard InChI is InChI=1S/C14H21NO2S/c1-4-11(3)15(5-2)10-13-12(8-9-18-13)6-7-14(16)17/h6-9,11H,4-5,10H2,1-3H3,(H,16,17). The highest BCUT2D eigenvalue weighted by Gasteiger charge is 2.12. The Morgan fingerprint density at radius 3 is 2.83 bits per heavy atom. The van der Waals surface area contributed by atoms with Crippen LogP contribution in [0.25, 0.3) is 6.08 Å². The number of thiophene rings is 1. The maximum Gasteiger partial charge on any atom is 0.328 e. The minimum Gasteiger partial charge on any atom is -0.478 e. The van der Waals surface area contributed by atoms with Gasteiger partial charge in [0.1, 0.15) is 0 Å². The van der Waals surface area contributed by atoms with Gasteiger partial charge in [-0.05, 0) is 43.0 Å². The fraction of sp³-hybridized carbons (Fsp3) is 0.500.